The Morgan fingerprint density at radius 1 is 1.55 bits per heavy atom. The number of ether oxygens (including phenoxy) is 2. The number of amides is 1. The smallest absolute Gasteiger partial charge is 0.223 e. The van der Waals surface area contributed by atoms with Crippen LogP contribution in [0.25, 0.3) is 0 Å². The summed E-state index contributed by atoms with van der Waals surface area (Å²) in [5, 5.41) is 6.21. The lowest BCUT2D eigenvalue weighted by Crippen LogP contribution is -2.41. The lowest BCUT2D eigenvalue weighted by Gasteiger charge is -2.24. The molecule has 0 radical (unpaired) electrons. The fourth-order valence-electron chi connectivity index (χ4n) is 2.36. The van der Waals surface area contributed by atoms with Crippen molar-refractivity contribution in [3.63, 3.8) is 0 Å². The highest BCUT2D eigenvalue weighted by atomic mass is 16.5. The van der Waals surface area contributed by atoms with Gasteiger partial charge in [-0.05, 0) is 13.0 Å². The number of carbonyl (C=O) groups is 1. The highest BCUT2D eigenvalue weighted by molar-refractivity contribution is 5.77. The summed E-state index contributed by atoms with van der Waals surface area (Å²) < 4.78 is 10.8. The second-order valence-corrected chi connectivity index (χ2v) is 4.93. The predicted octanol–water partition coefficient (Wildman–Crippen LogP) is 1.25. The molecule has 2 rings (SSSR count). The van der Waals surface area contributed by atoms with E-state index in [4.69, 9.17) is 9.47 Å². The summed E-state index contributed by atoms with van der Waals surface area (Å²) in [6.45, 7) is 4.21. The molecule has 0 saturated carbocycles. The van der Waals surface area contributed by atoms with Gasteiger partial charge in [-0.3, -0.25) is 4.79 Å². The number of carbonyl (C=O) groups excluding carboxylic acids is 1. The Morgan fingerprint density at radius 3 is 3.05 bits per heavy atom. The molecule has 0 aromatic heterocycles. The summed E-state index contributed by atoms with van der Waals surface area (Å²) in [5.74, 6) is 0.785. The Balaban J connectivity index is 1.89. The molecule has 5 nitrogen and oxygen atoms in total. The Hall–Kier alpha value is -1.59. The van der Waals surface area contributed by atoms with Gasteiger partial charge < -0.3 is 20.1 Å². The number of hydrogen-bond acceptors (Lipinski definition) is 4. The van der Waals surface area contributed by atoms with Crippen LogP contribution in [-0.4, -0.2) is 38.8 Å². The Bertz CT molecular complexity index is 444. The van der Waals surface area contributed by atoms with Crippen LogP contribution >= 0.6 is 0 Å². The molecule has 1 aliphatic rings. The second kappa shape index (κ2) is 7.26. The number of hydrogen-bond donors (Lipinski definition) is 2. The van der Waals surface area contributed by atoms with Gasteiger partial charge in [0.25, 0.3) is 0 Å². The summed E-state index contributed by atoms with van der Waals surface area (Å²) in [4.78, 5) is 12.0. The average Bonchev–Trinajstić information content (AvgIpc) is 2.48. The summed E-state index contributed by atoms with van der Waals surface area (Å²) in [6, 6.07) is 7.62. The third kappa shape index (κ3) is 3.95. The lowest BCUT2D eigenvalue weighted by molar-refractivity contribution is -0.125. The molecule has 20 heavy (non-hydrogen) atoms. The number of nitrogens with one attached hydrogen (secondary N) is 2. The van der Waals surface area contributed by atoms with Crippen LogP contribution < -0.4 is 15.4 Å². The highest BCUT2D eigenvalue weighted by Gasteiger charge is 2.19. The minimum atomic E-state index is -0.0878. The van der Waals surface area contributed by atoms with E-state index in [9.17, 15) is 4.79 Å². The standard InChI is InChI=1S/C15H22N2O3/c1-11(13-5-3-4-6-14(13)19-2)17-15(18)9-12-10-16-7-8-20-12/h3-6,11-12,16H,7-10H2,1-2H3,(H,17,18). The number of rotatable bonds is 5. The van der Waals surface area contributed by atoms with Gasteiger partial charge in [-0.25, -0.2) is 0 Å². The molecule has 2 unspecified atom stereocenters. The van der Waals surface area contributed by atoms with E-state index in [0.29, 0.717) is 13.0 Å². The zero-order valence-electron chi connectivity index (χ0n) is 12.0. The minimum absolute atomic E-state index is 0.00268. The monoisotopic (exact) mass is 278 g/mol. The molecule has 1 aromatic rings. The number of para-hydroxylation sites is 1. The molecular formula is C15H22N2O3. The number of morpholine rings is 1. The fourth-order valence-corrected chi connectivity index (χ4v) is 2.36. The first-order chi connectivity index (χ1) is 9.70. The first-order valence-corrected chi connectivity index (χ1v) is 6.95. The third-order valence-corrected chi connectivity index (χ3v) is 3.40. The van der Waals surface area contributed by atoms with Gasteiger partial charge in [0.2, 0.25) is 5.91 Å². The van der Waals surface area contributed by atoms with E-state index in [2.05, 4.69) is 10.6 Å². The van der Waals surface area contributed by atoms with Crippen molar-refractivity contribution in [3.8, 4) is 5.75 Å². The van der Waals surface area contributed by atoms with E-state index in [0.717, 1.165) is 24.4 Å². The van der Waals surface area contributed by atoms with Gasteiger partial charge in [0.05, 0.1) is 32.3 Å². The Morgan fingerprint density at radius 2 is 2.35 bits per heavy atom. The van der Waals surface area contributed by atoms with E-state index >= 15 is 0 Å². The number of methoxy groups -OCH3 is 1. The van der Waals surface area contributed by atoms with Crippen molar-refractivity contribution in [1.82, 2.24) is 10.6 Å². The molecule has 1 heterocycles. The quantitative estimate of drug-likeness (QED) is 0.851. The maximum atomic E-state index is 12.0. The van der Waals surface area contributed by atoms with Gasteiger partial charge in [-0.1, -0.05) is 18.2 Å². The van der Waals surface area contributed by atoms with E-state index in [1.54, 1.807) is 7.11 Å². The summed E-state index contributed by atoms with van der Waals surface area (Å²) >= 11 is 0. The molecule has 2 atom stereocenters. The largest absolute Gasteiger partial charge is 0.496 e. The van der Waals surface area contributed by atoms with Gasteiger partial charge in [0, 0.05) is 18.7 Å². The number of benzene rings is 1. The fraction of sp³-hybridized carbons (Fsp3) is 0.533. The van der Waals surface area contributed by atoms with E-state index in [-0.39, 0.29) is 18.1 Å². The molecule has 1 saturated heterocycles. The van der Waals surface area contributed by atoms with Crippen molar-refractivity contribution >= 4 is 5.91 Å². The van der Waals surface area contributed by atoms with Gasteiger partial charge >= 0.3 is 0 Å². The zero-order chi connectivity index (χ0) is 14.4. The van der Waals surface area contributed by atoms with Crippen LogP contribution in [0.3, 0.4) is 0 Å². The molecule has 0 spiro atoms. The minimum Gasteiger partial charge on any atom is -0.496 e. The van der Waals surface area contributed by atoms with E-state index in [1.807, 2.05) is 31.2 Å². The molecule has 0 aliphatic carbocycles. The van der Waals surface area contributed by atoms with Crippen LogP contribution in [0.2, 0.25) is 0 Å². The normalized spacial score (nSPS) is 20.2. The lowest BCUT2D eigenvalue weighted by atomic mass is 10.1. The van der Waals surface area contributed by atoms with Crippen molar-refractivity contribution in [3.05, 3.63) is 29.8 Å². The maximum Gasteiger partial charge on any atom is 0.223 e. The molecule has 2 N–H and O–H groups in total. The van der Waals surface area contributed by atoms with Gasteiger partial charge in [0.15, 0.2) is 0 Å². The third-order valence-electron chi connectivity index (χ3n) is 3.40. The van der Waals surface area contributed by atoms with Crippen LogP contribution in [0.4, 0.5) is 0 Å². The molecule has 1 aliphatic heterocycles. The first kappa shape index (κ1) is 14.8. The zero-order valence-corrected chi connectivity index (χ0v) is 12.0. The molecule has 110 valence electrons. The SMILES string of the molecule is COc1ccccc1C(C)NC(=O)CC1CNCCO1. The molecule has 0 bridgehead atoms. The van der Waals surface area contributed by atoms with Crippen LogP contribution in [0.1, 0.15) is 24.9 Å². The highest BCUT2D eigenvalue weighted by Crippen LogP contribution is 2.24. The molecule has 1 aromatic carbocycles. The van der Waals surface area contributed by atoms with Gasteiger partial charge in [-0.2, -0.15) is 0 Å². The molecule has 1 fully saturated rings. The van der Waals surface area contributed by atoms with Crippen LogP contribution in [0, 0.1) is 0 Å². The van der Waals surface area contributed by atoms with Crippen molar-refractivity contribution in [1.29, 1.82) is 0 Å². The first-order valence-electron chi connectivity index (χ1n) is 6.95. The second-order valence-electron chi connectivity index (χ2n) is 4.93. The average molecular weight is 278 g/mol. The van der Waals surface area contributed by atoms with Crippen LogP contribution in [0.5, 0.6) is 5.75 Å². The summed E-state index contributed by atoms with van der Waals surface area (Å²) in [6.07, 6.45) is 0.348. The van der Waals surface area contributed by atoms with Crippen LogP contribution in [0.15, 0.2) is 24.3 Å². The maximum absolute atomic E-state index is 12.0. The summed E-state index contributed by atoms with van der Waals surface area (Å²) in [7, 11) is 1.63. The Kier molecular flexibility index (Phi) is 5.38. The topological polar surface area (TPSA) is 59.6 Å². The van der Waals surface area contributed by atoms with Crippen molar-refractivity contribution in [2.45, 2.75) is 25.5 Å². The van der Waals surface area contributed by atoms with E-state index in [1.165, 1.54) is 0 Å². The van der Waals surface area contributed by atoms with E-state index < -0.39 is 0 Å². The molecule has 5 heteroatoms. The van der Waals surface area contributed by atoms with Crippen molar-refractivity contribution in [2.24, 2.45) is 0 Å². The summed E-state index contributed by atoms with van der Waals surface area (Å²) in [5.41, 5.74) is 0.978. The van der Waals surface area contributed by atoms with Gasteiger partial charge in [-0.15, -0.1) is 0 Å². The van der Waals surface area contributed by atoms with Crippen molar-refractivity contribution in [2.75, 3.05) is 26.8 Å². The van der Waals surface area contributed by atoms with Crippen LogP contribution in [-0.2, 0) is 9.53 Å². The van der Waals surface area contributed by atoms with Gasteiger partial charge in [0.1, 0.15) is 5.75 Å². The Labute approximate surface area is 119 Å². The molecule has 1 amide bonds. The predicted molar refractivity (Wildman–Crippen MR) is 76.8 cm³/mol. The molecular weight excluding hydrogens is 256 g/mol. The van der Waals surface area contributed by atoms with Crippen molar-refractivity contribution < 1.29 is 14.3 Å².